The quantitative estimate of drug-likeness (QED) is 0.0274. The van der Waals surface area contributed by atoms with Crippen molar-refractivity contribution in [3.05, 3.63) is 94.0 Å². The molecular weight excluding hydrogens is 1080 g/mol. The van der Waals surface area contributed by atoms with Gasteiger partial charge in [0, 0.05) is 105 Å². The summed E-state index contributed by atoms with van der Waals surface area (Å²) >= 11 is 4.30. The molecule has 0 aliphatic carbocycles. The van der Waals surface area contributed by atoms with Gasteiger partial charge in [0.2, 0.25) is 9.05 Å². The summed E-state index contributed by atoms with van der Waals surface area (Å²) in [6.07, 6.45) is 8.34. The highest BCUT2D eigenvalue weighted by Crippen LogP contribution is 2.33. The molecule has 4 aromatic rings. The largest absolute Gasteiger partial charge is 0.288 e. The fraction of sp³-hybridized carbons (Fsp3) is 0.364. The lowest BCUT2D eigenvalue weighted by molar-refractivity contribution is -0.0377. The molecule has 2 aliphatic heterocycles. The zero-order valence-corrected chi connectivity index (χ0v) is 41.5. The normalized spacial score (nSPS) is 15.4. The number of hydroxylamine groups is 4. The van der Waals surface area contributed by atoms with Crippen molar-refractivity contribution in [3.8, 4) is 23.7 Å². The highest BCUT2D eigenvalue weighted by molar-refractivity contribution is 14.3. The minimum Gasteiger partial charge on any atom is -0.278 e. The van der Waals surface area contributed by atoms with Gasteiger partial charge < -0.3 is 0 Å². The van der Waals surface area contributed by atoms with Crippen LogP contribution < -0.4 is 0 Å². The third-order valence-corrected chi connectivity index (χ3v) is 11.6. The summed E-state index contributed by atoms with van der Waals surface area (Å²) in [4.78, 5) is 49.8. The van der Waals surface area contributed by atoms with Crippen LogP contribution in [0.1, 0.15) is 204 Å². The van der Waals surface area contributed by atoms with E-state index in [1.807, 2.05) is 22.9 Å². The smallest absolute Gasteiger partial charge is 0.278 e. The Morgan fingerprint density at radius 1 is 0.645 bits per heavy atom. The van der Waals surface area contributed by atoms with Crippen molar-refractivity contribution in [2.75, 3.05) is 11.5 Å². The Labute approximate surface area is 458 Å². The van der Waals surface area contributed by atoms with Crippen LogP contribution >= 0.6 is 55.4 Å². The Morgan fingerprint density at radius 2 is 1.03 bits per heavy atom. The lowest BCUT2D eigenvalue weighted by Crippen LogP contribution is -2.42. The average molecular weight is 1250 g/mol. The molecule has 0 fully saturated rings. The van der Waals surface area contributed by atoms with Crippen molar-refractivity contribution >= 4 is 123 Å². The first-order valence-electron chi connectivity index (χ1n) is 39.9. The fourth-order valence-corrected chi connectivity index (χ4v) is 8.12. The molecule has 6 rings (SSSR count). The standard InChI is InChI=1S/C22H23NO5S.C18H15NO3.C4H9ClO2S.BI2.20H2/c1-3-5-7-8-10-16-13-14-19-20-17(16)11-9-12-18(20)21(24)23(22(19)25)28-29(26,27)15-6-4-2;1-2-3-4-5-7-12-10-11-15-16-13(12)8-6-9-14(16)17(20)19(22)18(15)21;1-2-3-4-8(5,6)7;2-1-3;;;;;;;;;;;;;;;;;;;;/h9,11-14H,3-7,15H2,1-2H3;6,8-11,22H,2-4H2,1H3;2-4H2,1H3;;20*1H/i;;;;20*1+2T. The molecule has 1 N–H and O–H groups in total. The Bertz CT molecular complexity index is 2690. The summed E-state index contributed by atoms with van der Waals surface area (Å²) < 4.78 is 251. The summed E-state index contributed by atoms with van der Waals surface area (Å²) in [7, 11) is -2.37. The van der Waals surface area contributed by atoms with Crippen LogP contribution in [0.4, 0.5) is 0 Å². The Morgan fingerprint density at radius 3 is 1.44 bits per heavy atom. The second kappa shape index (κ2) is 25.7. The number of imide groups is 2. The van der Waals surface area contributed by atoms with E-state index < -0.39 is 42.8 Å². The maximum Gasteiger partial charge on any atom is 0.288 e. The van der Waals surface area contributed by atoms with Crippen molar-refractivity contribution in [3.63, 3.8) is 0 Å². The number of amides is 4. The third-order valence-electron chi connectivity index (χ3n) is 9.19. The number of hydrogen-bond donors (Lipinski definition) is 1. The molecule has 0 bridgehead atoms. The predicted octanol–water partition coefficient (Wildman–Crippen LogP) is 15.1. The number of hydrogen-bond acceptors (Lipinski definition) is 10. The van der Waals surface area contributed by atoms with E-state index in [0.29, 0.717) is 51.6 Å². The number of carbonyl (C=O) groups is 4. The second-order valence-corrected chi connectivity index (χ2v) is 22.0. The van der Waals surface area contributed by atoms with Crippen LogP contribution in [0.15, 0.2) is 60.7 Å². The molecule has 0 atom stereocenters. The molecule has 62 heavy (non-hydrogen) atoms. The fourth-order valence-electron chi connectivity index (χ4n) is 6.08. The van der Waals surface area contributed by atoms with Crippen molar-refractivity contribution in [2.45, 2.75) is 91.9 Å². The zero-order chi connectivity index (χ0) is 86.0. The van der Waals surface area contributed by atoms with Gasteiger partial charge in [0.15, 0.2) is 0 Å². The van der Waals surface area contributed by atoms with E-state index in [1.54, 1.807) is 54.6 Å². The topological polar surface area (TPSA) is 172 Å². The molecule has 0 saturated carbocycles. The number of halogens is 3. The van der Waals surface area contributed by atoms with Gasteiger partial charge in [-0.3, -0.25) is 24.4 Å². The number of unbranched alkanes of at least 4 members (excludes halogenated alkanes) is 6. The van der Waals surface area contributed by atoms with E-state index in [-0.39, 0.29) is 27.7 Å². The van der Waals surface area contributed by atoms with Gasteiger partial charge in [0.1, 0.15) is 0 Å². The van der Waals surface area contributed by atoms with Gasteiger partial charge in [-0.05, 0) is 72.9 Å². The maximum absolute atomic E-state index is 12.9. The first-order chi connectivity index (χ1) is 49.5. The Kier molecular flexibility index (Phi) is 12.3. The van der Waals surface area contributed by atoms with Gasteiger partial charge in [-0.2, -0.15) is 8.42 Å². The van der Waals surface area contributed by atoms with Crippen LogP contribution in [0, 0.1) is 23.7 Å². The van der Waals surface area contributed by atoms with Crippen LogP contribution in [0.3, 0.4) is 0 Å². The monoisotopic (exact) mass is 1250 g/mol. The minimum atomic E-state index is -4.04. The molecular formula is C44H87BClI2N2O10S2. The molecule has 2 heterocycles. The number of nitrogens with zero attached hydrogens (tertiary/aromatic N) is 2. The van der Waals surface area contributed by atoms with Gasteiger partial charge in [-0.15, -0.1) is 59.2 Å². The van der Waals surface area contributed by atoms with Crippen molar-refractivity contribution in [1.82, 2.24) is 10.1 Å². The molecule has 4 aromatic carbocycles. The molecule has 0 saturated heterocycles. The summed E-state index contributed by atoms with van der Waals surface area (Å²) in [5.74, 6) is 9.35. The molecule has 2 aliphatic rings. The third kappa shape index (κ3) is 14.5. The maximum atomic E-state index is 12.9. The van der Waals surface area contributed by atoms with E-state index in [1.165, 1.54) is 0 Å². The zero-order valence-electron chi connectivity index (χ0n) is 74.8. The van der Waals surface area contributed by atoms with Crippen molar-refractivity contribution < 1.29 is 105 Å². The molecule has 12 nitrogen and oxygen atoms in total. The molecule has 0 spiro atoms. The van der Waals surface area contributed by atoms with Crippen LogP contribution in [0.2, 0.25) is 0 Å². The van der Waals surface area contributed by atoms with E-state index in [2.05, 4.69) is 82.3 Å². The molecule has 4 amide bonds. The number of benzene rings is 4. The highest BCUT2D eigenvalue weighted by atomic mass is 127. The lowest BCUT2D eigenvalue weighted by atomic mass is 9.92. The van der Waals surface area contributed by atoms with Crippen molar-refractivity contribution in [1.29, 1.82) is 0 Å². The van der Waals surface area contributed by atoms with Crippen LogP contribution in [-0.4, -0.2) is 70.3 Å². The van der Waals surface area contributed by atoms with Crippen LogP contribution in [0.5, 0.6) is 0 Å². The molecule has 0 aromatic heterocycles. The van der Waals surface area contributed by atoms with Crippen LogP contribution in [-0.2, 0) is 23.5 Å². The van der Waals surface area contributed by atoms with E-state index in [0.717, 1.165) is 61.5 Å². The first-order valence-corrected chi connectivity index (χ1v) is 26.5. The number of rotatable bonds is 12. The predicted molar refractivity (Wildman–Crippen MR) is 304 cm³/mol. The Hall–Kier alpha value is -3.57. The lowest BCUT2D eigenvalue weighted by Gasteiger charge is -2.25. The van der Waals surface area contributed by atoms with E-state index in [9.17, 15) is 41.2 Å². The van der Waals surface area contributed by atoms with E-state index >= 15 is 0 Å². The van der Waals surface area contributed by atoms with Gasteiger partial charge in [-0.1, -0.05) is 101 Å². The second-order valence-electron chi connectivity index (χ2n) is 13.8. The SMILES string of the molecule is CCCCC#Cc1ccc2c3c(cccc13)C(=O)N(O)C2=O.CCCCC#Cc1ccc2c3c(cccc13)C(=O)N(OS(=O)(=O)CCCC)C2=O.CCCCS(=O)(=O)Cl.I[B]I.[3H][3H].[3H][3H].[3H][3H].[3H][3H].[3H][3H].[3H][3H].[3H][3H].[3H][3H].[3H][3H].[3H][3H].[3H][3H].[3H][3H].[3H][3H].[3H][3H].[3H][3H].[3H][3H].[3H][3H].[3H][3H].[3H][3H].[3H][3H]. The van der Waals surface area contributed by atoms with Gasteiger partial charge in [0.25, 0.3) is 36.7 Å². The molecule has 369 valence electrons. The average Bonchev–Trinajstić information content (AvgIpc) is 0.753. The van der Waals surface area contributed by atoms with Gasteiger partial charge >= 0.3 is 0 Å². The minimum absolute atomic E-state index is 0.102. The van der Waals surface area contributed by atoms with Crippen molar-refractivity contribution in [2.24, 2.45) is 0 Å². The number of carbonyl (C=O) groups excluding carboxylic acids is 4. The highest BCUT2D eigenvalue weighted by Gasteiger charge is 2.37. The molecule has 18 heteroatoms. The molecule has 1 radical (unpaired) electrons. The van der Waals surface area contributed by atoms with E-state index in [4.69, 9.17) is 74.4 Å². The van der Waals surface area contributed by atoms with Gasteiger partial charge in [0.05, 0.1) is 33.8 Å². The summed E-state index contributed by atoms with van der Waals surface area (Å²) in [6, 6.07) is 16.9. The summed E-state index contributed by atoms with van der Waals surface area (Å²) in [5.41, 5.74) is 2.62. The van der Waals surface area contributed by atoms with Crippen LogP contribution in [0.25, 0.3) is 21.5 Å². The first kappa shape index (κ1) is 29.8. The Balaban J connectivity index is -0.0000000535. The summed E-state index contributed by atoms with van der Waals surface area (Å²) in [6.45, 7) is 7.97. The van der Waals surface area contributed by atoms with Gasteiger partial charge in [-0.25, -0.2) is 8.42 Å². The summed E-state index contributed by atoms with van der Waals surface area (Å²) in [5, 5.41) is 12.7. The molecule has 0 unspecified atom stereocenters.